The number of rotatable bonds is 2. The summed E-state index contributed by atoms with van der Waals surface area (Å²) >= 11 is 0. The number of ether oxygens (including phenoxy) is 1. The molecule has 0 aliphatic rings. The van der Waals surface area contributed by atoms with Crippen molar-refractivity contribution in [2.45, 2.75) is 6.36 Å². The van der Waals surface area contributed by atoms with Gasteiger partial charge in [0, 0.05) is 5.56 Å². The van der Waals surface area contributed by atoms with Crippen molar-refractivity contribution in [3.05, 3.63) is 36.3 Å². The molecular formula is C8H4F5O. The predicted molar refractivity (Wildman–Crippen MR) is 37.7 cm³/mol. The van der Waals surface area contributed by atoms with Crippen molar-refractivity contribution in [1.82, 2.24) is 0 Å². The lowest BCUT2D eigenvalue weighted by molar-refractivity contribution is -0.274. The highest BCUT2D eigenvalue weighted by Gasteiger charge is 2.31. The van der Waals surface area contributed by atoms with E-state index in [0.717, 1.165) is 24.3 Å². The first-order valence-electron chi connectivity index (χ1n) is 3.42. The van der Waals surface area contributed by atoms with Gasteiger partial charge in [0.25, 0.3) is 0 Å². The van der Waals surface area contributed by atoms with E-state index in [4.69, 9.17) is 0 Å². The van der Waals surface area contributed by atoms with Crippen molar-refractivity contribution < 1.29 is 26.7 Å². The summed E-state index contributed by atoms with van der Waals surface area (Å²) in [7, 11) is 0. The van der Waals surface area contributed by atoms with Gasteiger partial charge in [0.1, 0.15) is 5.75 Å². The SMILES string of the molecule is F[C](F)c1ccc(OC(F)(F)F)cc1. The van der Waals surface area contributed by atoms with Crippen molar-refractivity contribution in [3.63, 3.8) is 0 Å². The highest BCUT2D eigenvalue weighted by Crippen LogP contribution is 2.25. The van der Waals surface area contributed by atoms with Crippen molar-refractivity contribution >= 4 is 0 Å². The van der Waals surface area contributed by atoms with Gasteiger partial charge in [0.2, 0.25) is 0 Å². The van der Waals surface area contributed by atoms with Gasteiger partial charge in [0.15, 0.2) is 0 Å². The van der Waals surface area contributed by atoms with Gasteiger partial charge < -0.3 is 4.74 Å². The molecule has 0 amide bonds. The molecule has 1 radical (unpaired) electrons. The Hall–Kier alpha value is -1.33. The molecule has 77 valence electrons. The average Bonchev–Trinajstić information content (AvgIpc) is 2.02. The fraction of sp³-hybridized carbons (Fsp3) is 0.125. The predicted octanol–water partition coefficient (Wildman–Crippen LogP) is 3.36. The fourth-order valence-corrected chi connectivity index (χ4v) is 0.783. The first-order chi connectivity index (χ1) is 6.38. The second kappa shape index (κ2) is 3.81. The van der Waals surface area contributed by atoms with Gasteiger partial charge in [-0.05, 0) is 24.3 Å². The molecule has 0 saturated carbocycles. The van der Waals surface area contributed by atoms with Gasteiger partial charge in [0.05, 0.1) is 0 Å². The van der Waals surface area contributed by atoms with E-state index in [2.05, 4.69) is 4.74 Å². The smallest absolute Gasteiger partial charge is 0.406 e. The first-order valence-corrected chi connectivity index (χ1v) is 3.42. The second-order valence-electron chi connectivity index (χ2n) is 2.33. The Morgan fingerprint density at radius 1 is 1.00 bits per heavy atom. The summed E-state index contributed by atoms with van der Waals surface area (Å²) in [5.41, 5.74) is -0.431. The molecule has 1 aromatic carbocycles. The van der Waals surface area contributed by atoms with Gasteiger partial charge in [-0.25, -0.2) is 0 Å². The van der Waals surface area contributed by atoms with Crippen molar-refractivity contribution in [1.29, 1.82) is 0 Å². The van der Waals surface area contributed by atoms with E-state index in [1.165, 1.54) is 0 Å². The number of benzene rings is 1. The quantitative estimate of drug-likeness (QED) is 0.681. The van der Waals surface area contributed by atoms with Crippen LogP contribution in [0.3, 0.4) is 0 Å². The van der Waals surface area contributed by atoms with E-state index in [9.17, 15) is 22.0 Å². The maximum atomic E-state index is 11.9. The average molecular weight is 211 g/mol. The molecule has 0 unspecified atom stereocenters. The van der Waals surface area contributed by atoms with Crippen LogP contribution >= 0.6 is 0 Å². The fourth-order valence-electron chi connectivity index (χ4n) is 0.783. The molecule has 1 aromatic rings. The van der Waals surface area contributed by atoms with Crippen LogP contribution < -0.4 is 4.74 Å². The molecule has 0 atom stereocenters. The first kappa shape index (κ1) is 10.7. The van der Waals surface area contributed by atoms with Gasteiger partial charge in [-0.15, -0.1) is 13.2 Å². The third kappa shape index (κ3) is 3.20. The minimum atomic E-state index is -4.81. The number of alkyl halides is 3. The van der Waals surface area contributed by atoms with Gasteiger partial charge in [-0.2, -0.15) is 8.78 Å². The van der Waals surface area contributed by atoms with Crippen LogP contribution in [0, 0.1) is 6.43 Å². The largest absolute Gasteiger partial charge is 0.573 e. The van der Waals surface area contributed by atoms with E-state index in [1.807, 2.05) is 0 Å². The molecule has 0 aliphatic heterocycles. The zero-order valence-electron chi connectivity index (χ0n) is 6.61. The molecule has 0 heterocycles. The Morgan fingerprint density at radius 2 is 1.50 bits per heavy atom. The van der Waals surface area contributed by atoms with E-state index in [-0.39, 0.29) is 0 Å². The van der Waals surface area contributed by atoms with Crippen LogP contribution in [0.4, 0.5) is 22.0 Å². The molecule has 0 saturated heterocycles. The van der Waals surface area contributed by atoms with Crippen LogP contribution in [-0.2, 0) is 0 Å². The van der Waals surface area contributed by atoms with Crippen LogP contribution in [0.15, 0.2) is 24.3 Å². The lowest BCUT2D eigenvalue weighted by Gasteiger charge is -2.08. The summed E-state index contributed by atoms with van der Waals surface area (Å²) in [5, 5.41) is 0. The minimum Gasteiger partial charge on any atom is -0.406 e. The Balaban J connectivity index is 2.74. The van der Waals surface area contributed by atoms with Crippen LogP contribution in [0.2, 0.25) is 0 Å². The standard InChI is InChI=1S/C8H4F5O/c9-7(10)5-1-3-6(4-2-5)14-8(11,12)13/h1-4H. The Labute approximate surface area is 76.1 Å². The number of halogens is 5. The molecule has 6 heteroatoms. The maximum absolute atomic E-state index is 11.9. The monoisotopic (exact) mass is 211 g/mol. The maximum Gasteiger partial charge on any atom is 0.573 e. The second-order valence-corrected chi connectivity index (χ2v) is 2.33. The molecule has 0 aromatic heterocycles. The normalized spacial score (nSPS) is 11.9. The minimum absolute atomic E-state index is 0.431. The topological polar surface area (TPSA) is 9.23 Å². The molecule has 1 nitrogen and oxygen atoms in total. The Morgan fingerprint density at radius 3 is 1.86 bits per heavy atom. The molecular weight excluding hydrogens is 207 g/mol. The molecule has 0 bridgehead atoms. The third-order valence-corrected chi connectivity index (χ3v) is 1.31. The summed E-state index contributed by atoms with van der Waals surface area (Å²) in [4.78, 5) is 0. The van der Waals surface area contributed by atoms with Crippen LogP contribution in [0.5, 0.6) is 5.75 Å². The van der Waals surface area contributed by atoms with Crippen molar-refractivity contribution in [3.8, 4) is 5.75 Å². The molecule has 0 fully saturated rings. The summed E-state index contributed by atoms with van der Waals surface area (Å²) in [6.45, 7) is 0. The summed E-state index contributed by atoms with van der Waals surface area (Å²) in [6.07, 6.45) is -6.76. The van der Waals surface area contributed by atoms with Crippen molar-refractivity contribution in [2.24, 2.45) is 0 Å². The van der Waals surface area contributed by atoms with Crippen LogP contribution in [0.1, 0.15) is 5.56 Å². The Kier molecular flexibility index (Phi) is 2.93. The highest BCUT2D eigenvalue weighted by molar-refractivity contribution is 5.31. The van der Waals surface area contributed by atoms with E-state index >= 15 is 0 Å². The zero-order valence-corrected chi connectivity index (χ0v) is 6.61. The summed E-state index contributed by atoms with van der Waals surface area (Å²) in [6, 6.07) is 3.33. The lowest BCUT2D eigenvalue weighted by Crippen LogP contribution is -2.17. The van der Waals surface area contributed by atoms with Gasteiger partial charge in [-0.3, -0.25) is 0 Å². The van der Waals surface area contributed by atoms with Gasteiger partial charge in [-0.1, -0.05) is 0 Å². The zero-order chi connectivity index (χ0) is 10.8. The summed E-state index contributed by atoms with van der Waals surface area (Å²) in [5.74, 6) is -0.525. The molecule has 14 heavy (non-hydrogen) atoms. The van der Waals surface area contributed by atoms with E-state index in [1.54, 1.807) is 0 Å². The van der Waals surface area contributed by atoms with Crippen LogP contribution in [0.25, 0.3) is 0 Å². The number of hydrogen-bond donors (Lipinski definition) is 0. The molecule has 0 aliphatic carbocycles. The molecule has 1 rings (SSSR count). The Bertz CT molecular complexity index is 290. The highest BCUT2D eigenvalue weighted by atomic mass is 19.4. The molecule has 0 N–H and O–H groups in total. The third-order valence-electron chi connectivity index (χ3n) is 1.31. The number of hydrogen-bond acceptors (Lipinski definition) is 1. The van der Waals surface area contributed by atoms with Gasteiger partial charge >= 0.3 is 12.8 Å². The van der Waals surface area contributed by atoms with E-state index < -0.39 is 24.1 Å². The van der Waals surface area contributed by atoms with Crippen molar-refractivity contribution in [2.75, 3.05) is 0 Å². The molecule has 0 spiro atoms. The summed E-state index contributed by atoms with van der Waals surface area (Å²) < 4.78 is 62.1. The van der Waals surface area contributed by atoms with Crippen LogP contribution in [-0.4, -0.2) is 6.36 Å². The lowest BCUT2D eigenvalue weighted by atomic mass is 10.2. The van der Waals surface area contributed by atoms with E-state index in [0.29, 0.717) is 0 Å².